The van der Waals surface area contributed by atoms with E-state index in [9.17, 15) is 9.59 Å². The summed E-state index contributed by atoms with van der Waals surface area (Å²) in [5.74, 6) is -0.627. The van der Waals surface area contributed by atoms with Crippen LogP contribution in [-0.4, -0.2) is 21.7 Å². The lowest BCUT2D eigenvalue weighted by Crippen LogP contribution is -2.32. The van der Waals surface area contributed by atoms with Gasteiger partial charge in [0.25, 0.3) is 11.8 Å². The van der Waals surface area contributed by atoms with E-state index in [4.69, 9.17) is 0 Å². The lowest BCUT2D eigenvalue weighted by Gasteiger charge is -2.15. The Bertz CT molecular complexity index is 1150. The van der Waals surface area contributed by atoms with Gasteiger partial charge in [-0.2, -0.15) is 0 Å². The first-order chi connectivity index (χ1) is 14.4. The number of benzene rings is 2. The van der Waals surface area contributed by atoms with Gasteiger partial charge in [-0.15, -0.1) is 0 Å². The van der Waals surface area contributed by atoms with E-state index in [1.807, 2.05) is 63.2 Å². The van der Waals surface area contributed by atoms with Crippen LogP contribution in [0.25, 0.3) is 5.57 Å². The second kappa shape index (κ2) is 7.95. The zero-order valence-corrected chi connectivity index (χ0v) is 17.3. The number of carbonyl (C=O) groups is 2. The van der Waals surface area contributed by atoms with Gasteiger partial charge in [0.2, 0.25) is 0 Å². The number of rotatable bonds is 5. The molecule has 1 aliphatic heterocycles. The summed E-state index contributed by atoms with van der Waals surface area (Å²) in [6.07, 6.45) is 3.31. The van der Waals surface area contributed by atoms with Crippen molar-refractivity contribution in [3.8, 4) is 0 Å². The summed E-state index contributed by atoms with van der Waals surface area (Å²) in [6, 6.07) is 17.2. The molecule has 2 amide bonds. The van der Waals surface area contributed by atoms with Gasteiger partial charge in [-0.25, -0.2) is 0 Å². The number of pyridine rings is 1. The summed E-state index contributed by atoms with van der Waals surface area (Å²) in [5, 5.41) is 3.22. The van der Waals surface area contributed by atoms with Gasteiger partial charge in [0.1, 0.15) is 5.70 Å². The summed E-state index contributed by atoms with van der Waals surface area (Å²) in [6.45, 7) is 6.25. The van der Waals surface area contributed by atoms with Crippen LogP contribution in [0.15, 0.2) is 72.7 Å². The van der Waals surface area contributed by atoms with Crippen molar-refractivity contribution < 1.29 is 9.59 Å². The van der Waals surface area contributed by atoms with Crippen molar-refractivity contribution in [3.63, 3.8) is 0 Å². The molecule has 0 fully saturated rings. The van der Waals surface area contributed by atoms with Gasteiger partial charge in [0.05, 0.1) is 12.1 Å². The van der Waals surface area contributed by atoms with Crippen LogP contribution in [0.3, 0.4) is 0 Å². The van der Waals surface area contributed by atoms with Crippen molar-refractivity contribution in [2.24, 2.45) is 0 Å². The van der Waals surface area contributed by atoms with Gasteiger partial charge in [-0.3, -0.25) is 19.5 Å². The molecular weight excluding hydrogens is 374 g/mol. The topological polar surface area (TPSA) is 62.3 Å². The van der Waals surface area contributed by atoms with E-state index >= 15 is 0 Å². The molecule has 0 atom stereocenters. The van der Waals surface area contributed by atoms with Gasteiger partial charge in [0.15, 0.2) is 0 Å². The number of hydrogen-bond donors (Lipinski definition) is 1. The van der Waals surface area contributed by atoms with Crippen molar-refractivity contribution in [1.82, 2.24) is 9.88 Å². The van der Waals surface area contributed by atoms with Crippen LogP contribution in [0, 0.1) is 20.8 Å². The van der Waals surface area contributed by atoms with E-state index in [-0.39, 0.29) is 18.4 Å². The van der Waals surface area contributed by atoms with Crippen LogP contribution in [0.2, 0.25) is 0 Å². The Kier molecular flexibility index (Phi) is 5.19. The smallest absolute Gasteiger partial charge is 0.278 e. The molecule has 0 aliphatic carbocycles. The molecule has 150 valence electrons. The monoisotopic (exact) mass is 397 g/mol. The highest BCUT2D eigenvalue weighted by atomic mass is 16.2. The Labute approximate surface area is 176 Å². The zero-order valence-electron chi connectivity index (χ0n) is 17.3. The first kappa shape index (κ1) is 19.6. The van der Waals surface area contributed by atoms with Gasteiger partial charge >= 0.3 is 0 Å². The molecule has 0 saturated heterocycles. The fourth-order valence-electron chi connectivity index (χ4n) is 3.46. The number of nitrogens with zero attached hydrogens (tertiary/aromatic N) is 2. The number of imide groups is 1. The van der Waals surface area contributed by atoms with Crippen LogP contribution in [0.5, 0.6) is 0 Å². The molecule has 5 nitrogen and oxygen atoms in total. The summed E-state index contributed by atoms with van der Waals surface area (Å²) in [4.78, 5) is 31.9. The van der Waals surface area contributed by atoms with E-state index in [1.54, 1.807) is 24.5 Å². The Hall–Kier alpha value is -3.73. The molecular formula is C25H23N3O2. The summed E-state index contributed by atoms with van der Waals surface area (Å²) in [7, 11) is 0. The molecule has 2 aromatic carbocycles. The fourth-order valence-corrected chi connectivity index (χ4v) is 3.46. The molecule has 4 rings (SSSR count). The predicted octanol–water partition coefficient (Wildman–Crippen LogP) is 4.40. The minimum Gasteiger partial charge on any atom is -0.350 e. The first-order valence-corrected chi connectivity index (χ1v) is 9.85. The van der Waals surface area contributed by atoms with Crippen molar-refractivity contribution in [2.75, 3.05) is 5.32 Å². The van der Waals surface area contributed by atoms with Crippen molar-refractivity contribution >= 4 is 23.1 Å². The first-order valence-electron chi connectivity index (χ1n) is 9.85. The van der Waals surface area contributed by atoms with Crippen LogP contribution in [0.4, 0.5) is 5.69 Å². The number of hydrogen-bond acceptors (Lipinski definition) is 4. The highest BCUT2D eigenvalue weighted by molar-refractivity contribution is 6.36. The molecule has 2 heterocycles. The third-order valence-electron chi connectivity index (χ3n) is 5.37. The Morgan fingerprint density at radius 3 is 2.20 bits per heavy atom. The minimum atomic E-state index is -0.328. The maximum atomic E-state index is 13.3. The second-order valence-electron chi connectivity index (χ2n) is 7.59. The van der Waals surface area contributed by atoms with Crippen LogP contribution < -0.4 is 5.32 Å². The molecule has 0 bridgehead atoms. The summed E-state index contributed by atoms with van der Waals surface area (Å²) in [5.41, 5.74) is 6.43. The summed E-state index contributed by atoms with van der Waals surface area (Å²) < 4.78 is 0. The number of aryl methyl sites for hydroxylation is 3. The maximum absolute atomic E-state index is 13.3. The van der Waals surface area contributed by atoms with Gasteiger partial charge in [-0.1, -0.05) is 35.9 Å². The van der Waals surface area contributed by atoms with E-state index in [1.165, 1.54) is 10.5 Å². The third kappa shape index (κ3) is 3.74. The average Bonchev–Trinajstić information content (AvgIpc) is 2.96. The number of nitrogens with one attached hydrogen (secondary N) is 1. The third-order valence-corrected chi connectivity index (χ3v) is 5.37. The molecule has 3 aromatic rings. The Morgan fingerprint density at radius 1 is 0.833 bits per heavy atom. The normalized spacial score (nSPS) is 13.9. The molecule has 30 heavy (non-hydrogen) atoms. The van der Waals surface area contributed by atoms with Crippen LogP contribution in [0.1, 0.15) is 27.8 Å². The fraction of sp³-hybridized carbons (Fsp3) is 0.160. The highest BCUT2D eigenvalue weighted by Gasteiger charge is 2.39. The quantitative estimate of drug-likeness (QED) is 0.648. The molecule has 0 unspecified atom stereocenters. The number of anilines is 1. The average molecular weight is 397 g/mol. The SMILES string of the molecule is Cc1ccc(C2=C(Nc3ccc(C)c(C)c3)C(=O)N(Cc3ccncc3)C2=O)cc1. The highest BCUT2D eigenvalue weighted by Crippen LogP contribution is 2.32. The van der Waals surface area contributed by atoms with Crippen LogP contribution >= 0.6 is 0 Å². The zero-order chi connectivity index (χ0) is 21.3. The minimum absolute atomic E-state index is 0.202. The lowest BCUT2D eigenvalue weighted by molar-refractivity contribution is -0.137. The largest absolute Gasteiger partial charge is 0.350 e. The Balaban J connectivity index is 1.75. The molecule has 1 N–H and O–H groups in total. The van der Waals surface area contributed by atoms with Crippen molar-refractivity contribution in [1.29, 1.82) is 0 Å². The number of carbonyl (C=O) groups excluding carboxylic acids is 2. The molecule has 0 saturated carbocycles. The van der Waals surface area contributed by atoms with Crippen molar-refractivity contribution in [3.05, 3.63) is 101 Å². The van der Waals surface area contributed by atoms with Gasteiger partial charge in [0, 0.05) is 18.1 Å². The van der Waals surface area contributed by atoms with Gasteiger partial charge < -0.3 is 5.32 Å². The predicted molar refractivity (Wildman–Crippen MR) is 117 cm³/mol. The molecule has 1 aromatic heterocycles. The number of aromatic nitrogens is 1. The van der Waals surface area contributed by atoms with E-state index in [2.05, 4.69) is 10.3 Å². The van der Waals surface area contributed by atoms with Gasteiger partial charge in [-0.05, 0) is 67.3 Å². The van der Waals surface area contributed by atoms with E-state index in [0.717, 1.165) is 27.9 Å². The maximum Gasteiger partial charge on any atom is 0.278 e. The summed E-state index contributed by atoms with van der Waals surface area (Å²) >= 11 is 0. The van der Waals surface area contributed by atoms with E-state index < -0.39 is 0 Å². The Morgan fingerprint density at radius 2 is 1.53 bits per heavy atom. The van der Waals surface area contributed by atoms with Crippen molar-refractivity contribution in [2.45, 2.75) is 27.3 Å². The number of amides is 2. The van der Waals surface area contributed by atoms with E-state index in [0.29, 0.717) is 11.3 Å². The standard InChI is InChI=1S/C25H23N3O2/c1-16-4-7-20(8-5-16)22-23(27-21-9-6-17(2)18(3)14-21)25(30)28(24(22)29)15-19-10-12-26-13-11-19/h4-14,27H,15H2,1-3H3. The molecule has 1 aliphatic rings. The molecule has 0 radical (unpaired) electrons. The molecule has 0 spiro atoms. The van der Waals surface area contributed by atoms with Crippen LogP contribution in [-0.2, 0) is 16.1 Å². The lowest BCUT2D eigenvalue weighted by atomic mass is 10.0. The molecule has 5 heteroatoms. The second-order valence-corrected chi connectivity index (χ2v) is 7.59.